The van der Waals surface area contributed by atoms with E-state index in [9.17, 15) is 10.1 Å². The molecule has 2 aromatic carbocycles. The largest absolute Gasteiger partial charge is 0.493 e. The molecule has 0 aliphatic rings. The molecule has 176 valence electrons. The molecule has 0 bridgehead atoms. The fraction of sp³-hybridized carbons (Fsp3) is 0.250. The molecule has 0 unspecified atom stereocenters. The van der Waals surface area contributed by atoms with E-state index in [1.807, 2.05) is 38.1 Å². The van der Waals surface area contributed by atoms with Crippen molar-refractivity contribution in [1.29, 1.82) is 5.26 Å². The first-order chi connectivity index (χ1) is 16.3. The van der Waals surface area contributed by atoms with Crippen LogP contribution in [0, 0.1) is 32.1 Å². The fourth-order valence-corrected chi connectivity index (χ4v) is 4.27. The number of benzene rings is 2. The molecule has 1 heterocycles. The maximum Gasteiger partial charge on any atom is 0.268 e. The maximum absolute atomic E-state index is 12.5. The molecule has 0 atom stereocenters. The van der Waals surface area contributed by atoms with E-state index in [1.165, 1.54) is 24.5 Å². The van der Waals surface area contributed by atoms with Crippen LogP contribution in [-0.2, 0) is 4.79 Å². The molecule has 34 heavy (non-hydrogen) atoms. The summed E-state index contributed by atoms with van der Waals surface area (Å²) in [7, 11) is 1.52. The summed E-state index contributed by atoms with van der Waals surface area (Å²) in [5, 5.41) is 20.8. The van der Waals surface area contributed by atoms with E-state index >= 15 is 0 Å². The number of halogens is 1. The highest BCUT2D eigenvalue weighted by atomic mass is 79.9. The van der Waals surface area contributed by atoms with Crippen molar-refractivity contribution in [2.24, 2.45) is 0 Å². The second-order valence-corrected chi connectivity index (χ2v) is 9.24. The van der Waals surface area contributed by atoms with E-state index < -0.39 is 5.91 Å². The first-order valence-electron chi connectivity index (χ1n) is 10.2. The van der Waals surface area contributed by atoms with Crippen molar-refractivity contribution in [3.63, 3.8) is 0 Å². The molecule has 0 fully saturated rings. The minimum absolute atomic E-state index is 0.0857. The molecule has 0 saturated carbocycles. The summed E-state index contributed by atoms with van der Waals surface area (Å²) in [5.74, 6) is 1.23. The lowest BCUT2D eigenvalue weighted by molar-refractivity contribution is -0.112. The molecule has 0 aliphatic carbocycles. The third-order valence-corrected chi connectivity index (χ3v) is 6.00. The number of methoxy groups -OCH3 is 1. The standard InChI is InChI=1S/C24H23BrN4O4S/c1-14-6-5-7-15(2)21(14)32-8-9-33-22-19(25)11-17(12-20(22)31-4)10-18(13-26)23(30)27-24-29-28-16(3)34-24/h5-7,10-12H,8-9H2,1-4H3,(H,27,29,30)/b18-10-. The molecule has 10 heteroatoms. The van der Waals surface area contributed by atoms with Gasteiger partial charge in [0.25, 0.3) is 5.91 Å². The zero-order valence-corrected chi connectivity index (χ0v) is 21.5. The summed E-state index contributed by atoms with van der Waals surface area (Å²) in [5.41, 5.74) is 2.63. The third kappa shape index (κ3) is 6.34. The lowest BCUT2D eigenvalue weighted by Gasteiger charge is -2.15. The van der Waals surface area contributed by atoms with Gasteiger partial charge in [0.15, 0.2) is 11.5 Å². The molecule has 1 N–H and O–H groups in total. The van der Waals surface area contributed by atoms with Crippen LogP contribution in [0.15, 0.2) is 40.4 Å². The first kappa shape index (κ1) is 25.2. The zero-order valence-electron chi connectivity index (χ0n) is 19.1. The predicted octanol–water partition coefficient (Wildman–Crippen LogP) is 5.24. The van der Waals surface area contributed by atoms with Gasteiger partial charge in [0, 0.05) is 0 Å². The van der Waals surface area contributed by atoms with Crippen molar-refractivity contribution in [3.05, 3.63) is 62.1 Å². The number of para-hydroxylation sites is 1. The molecule has 0 radical (unpaired) electrons. The van der Waals surface area contributed by atoms with E-state index in [0.717, 1.165) is 16.9 Å². The molecular formula is C24H23BrN4O4S. The Kier molecular flexibility index (Phi) is 8.62. The van der Waals surface area contributed by atoms with Gasteiger partial charge in [0.2, 0.25) is 5.13 Å². The Morgan fingerprint density at radius 1 is 1.15 bits per heavy atom. The van der Waals surface area contributed by atoms with Gasteiger partial charge < -0.3 is 14.2 Å². The smallest absolute Gasteiger partial charge is 0.268 e. The summed E-state index contributed by atoms with van der Waals surface area (Å²) in [4.78, 5) is 12.5. The van der Waals surface area contributed by atoms with E-state index in [1.54, 1.807) is 19.1 Å². The van der Waals surface area contributed by atoms with Gasteiger partial charge in [-0.3, -0.25) is 10.1 Å². The van der Waals surface area contributed by atoms with Crippen LogP contribution in [0.4, 0.5) is 5.13 Å². The van der Waals surface area contributed by atoms with Crippen LogP contribution in [0.25, 0.3) is 6.08 Å². The normalized spacial score (nSPS) is 11.0. The number of anilines is 1. The number of carbonyl (C=O) groups excluding carboxylic acids is 1. The van der Waals surface area contributed by atoms with Gasteiger partial charge in [-0.1, -0.05) is 29.5 Å². The summed E-state index contributed by atoms with van der Waals surface area (Å²) in [6.07, 6.45) is 1.46. The Hall–Kier alpha value is -3.42. The molecule has 1 amide bonds. The van der Waals surface area contributed by atoms with Crippen LogP contribution in [0.5, 0.6) is 17.2 Å². The van der Waals surface area contributed by atoms with Crippen LogP contribution in [0.2, 0.25) is 0 Å². The Morgan fingerprint density at radius 2 is 1.82 bits per heavy atom. The average molecular weight is 543 g/mol. The number of aromatic nitrogens is 2. The molecular weight excluding hydrogens is 520 g/mol. The van der Waals surface area contributed by atoms with Crippen molar-refractivity contribution in [2.75, 3.05) is 25.6 Å². The van der Waals surface area contributed by atoms with E-state index in [0.29, 0.717) is 44.9 Å². The number of rotatable bonds is 9. The van der Waals surface area contributed by atoms with Crippen molar-refractivity contribution >= 4 is 44.4 Å². The molecule has 8 nitrogen and oxygen atoms in total. The van der Waals surface area contributed by atoms with Gasteiger partial charge in [-0.15, -0.1) is 10.2 Å². The number of hydrogen-bond donors (Lipinski definition) is 1. The van der Waals surface area contributed by atoms with Gasteiger partial charge in [-0.05, 0) is 71.6 Å². The van der Waals surface area contributed by atoms with Crippen LogP contribution in [0.1, 0.15) is 21.7 Å². The average Bonchev–Trinajstić information content (AvgIpc) is 3.21. The summed E-state index contributed by atoms with van der Waals surface area (Å²) in [6, 6.07) is 11.3. The molecule has 0 aliphatic heterocycles. The number of amides is 1. The van der Waals surface area contributed by atoms with Crippen molar-refractivity contribution in [2.45, 2.75) is 20.8 Å². The van der Waals surface area contributed by atoms with Crippen LogP contribution < -0.4 is 19.5 Å². The number of nitriles is 1. The van der Waals surface area contributed by atoms with E-state index in [2.05, 4.69) is 31.4 Å². The minimum atomic E-state index is -0.572. The Morgan fingerprint density at radius 3 is 2.41 bits per heavy atom. The summed E-state index contributed by atoms with van der Waals surface area (Å²) >= 11 is 4.71. The second kappa shape index (κ2) is 11.6. The van der Waals surface area contributed by atoms with Gasteiger partial charge in [0.1, 0.15) is 35.6 Å². The highest BCUT2D eigenvalue weighted by Gasteiger charge is 2.15. The molecule has 3 rings (SSSR count). The van der Waals surface area contributed by atoms with Gasteiger partial charge in [-0.25, -0.2) is 0 Å². The van der Waals surface area contributed by atoms with E-state index in [-0.39, 0.29) is 5.57 Å². The fourth-order valence-electron chi connectivity index (χ4n) is 3.10. The number of carbonyl (C=O) groups is 1. The van der Waals surface area contributed by atoms with Crippen molar-refractivity contribution < 1.29 is 19.0 Å². The van der Waals surface area contributed by atoms with Crippen molar-refractivity contribution in [1.82, 2.24) is 10.2 Å². The molecule has 0 spiro atoms. The zero-order chi connectivity index (χ0) is 24.7. The van der Waals surface area contributed by atoms with Gasteiger partial charge in [0.05, 0.1) is 11.6 Å². The number of nitrogens with zero attached hydrogens (tertiary/aromatic N) is 3. The second-order valence-electron chi connectivity index (χ2n) is 7.20. The molecule has 1 aromatic heterocycles. The number of aryl methyl sites for hydroxylation is 3. The third-order valence-electron chi connectivity index (χ3n) is 4.66. The van der Waals surface area contributed by atoms with Crippen LogP contribution >= 0.6 is 27.3 Å². The quantitative estimate of drug-likeness (QED) is 0.224. The summed E-state index contributed by atoms with van der Waals surface area (Å²) < 4.78 is 17.9. The highest BCUT2D eigenvalue weighted by Crippen LogP contribution is 2.37. The highest BCUT2D eigenvalue weighted by molar-refractivity contribution is 9.10. The van der Waals surface area contributed by atoms with Gasteiger partial charge >= 0.3 is 0 Å². The Bertz CT molecular complexity index is 1250. The topological polar surface area (TPSA) is 106 Å². The predicted molar refractivity (Wildman–Crippen MR) is 134 cm³/mol. The minimum Gasteiger partial charge on any atom is -0.493 e. The molecule has 3 aromatic rings. The van der Waals surface area contributed by atoms with E-state index in [4.69, 9.17) is 14.2 Å². The Balaban J connectivity index is 1.70. The van der Waals surface area contributed by atoms with Crippen LogP contribution in [0.3, 0.4) is 0 Å². The lowest BCUT2D eigenvalue weighted by Crippen LogP contribution is -2.13. The first-order valence-corrected chi connectivity index (χ1v) is 11.9. The molecule has 0 saturated heterocycles. The van der Waals surface area contributed by atoms with Crippen LogP contribution in [-0.4, -0.2) is 36.4 Å². The monoisotopic (exact) mass is 542 g/mol. The number of ether oxygens (including phenoxy) is 3. The summed E-state index contributed by atoms with van der Waals surface area (Å²) in [6.45, 7) is 6.43. The maximum atomic E-state index is 12.5. The Labute approximate surface area is 210 Å². The van der Waals surface area contributed by atoms with Crippen molar-refractivity contribution in [3.8, 4) is 23.3 Å². The SMILES string of the molecule is COc1cc(/C=C(/C#N)C(=O)Nc2nnc(C)s2)cc(Br)c1OCCOc1c(C)cccc1C. The van der Waals surface area contributed by atoms with Gasteiger partial charge in [-0.2, -0.15) is 5.26 Å². The number of nitrogens with one attached hydrogen (secondary N) is 1. The number of hydrogen-bond acceptors (Lipinski definition) is 8. The lowest BCUT2D eigenvalue weighted by atomic mass is 10.1.